The quantitative estimate of drug-likeness (QED) is 0.740. The smallest absolute Gasteiger partial charge is 0.163 e. The molecule has 0 N–H and O–H groups in total. The molecule has 1 nitrogen and oxygen atoms in total. The SMILES string of the molecule is Cc1ccc(CCC(=O)c2ccccc2)c(Cl)c1. The monoisotopic (exact) mass is 258 g/mol. The van der Waals surface area contributed by atoms with Crippen LogP contribution in [0.4, 0.5) is 0 Å². The number of carbonyl (C=O) groups is 1. The van der Waals surface area contributed by atoms with Gasteiger partial charge in [0.25, 0.3) is 0 Å². The Balaban J connectivity index is 2.02. The number of benzene rings is 2. The molecular formula is C16H15ClO. The van der Waals surface area contributed by atoms with Crippen LogP contribution >= 0.6 is 11.6 Å². The van der Waals surface area contributed by atoms with E-state index in [0.717, 1.165) is 21.7 Å². The molecule has 0 aliphatic carbocycles. The van der Waals surface area contributed by atoms with Crippen LogP contribution in [0.25, 0.3) is 0 Å². The largest absolute Gasteiger partial charge is 0.294 e. The lowest BCUT2D eigenvalue weighted by Crippen LogP contribution is -2.01. The first-order chi connectivity index (χ1) is 8.66. The standard InChI is InChI=1S/C16H15ClO/c1-12-7-8-13(15(17)11-12)9-10-16(18)14-5-3-2-4-6-14/h2-8,11H,9-10H2,1H3. The summed E-state index contributed by atoms with van der Waals surface area (Å²) in [6.07, 6.45) is 1.18. The van der Waals surface area contributed by atoms with E-state index in [1.807, 2.05) is 55.5 Å². The molecular weight excluding hydrogens is 244 g/mol. The Bertz CT molecular complexity index is 546. The van der Waals surface area contributed by atoms with Gasteiger partial charge in [-0.25, -0.2) is 0 Å². The molecule has 0 saturated carbocycles. The molecule has 2 aromatic rings. The maximum Gasteiger partial charge on any atom is 0.163 e. The summed E-state index contributed by atoms with van der Waals surface area (Å²) in [4.78, 5) is 12.0. The third-order valence-corrected chi connectivity index (χ3v) is 3.28. The topological polar surface area (TPSA) is 17.1 Å². The van der Waals surface area contributed by atoms with E-state index in [2.05, 4.69) is 0 Å². The number of aryl methyl sites for hydroxylation is 2. The molecule has 0 aliphatic rings. The van der Waals surface area contributed by atoms with Gasteiger partial charge in [-0.1, -0.05) is 54.1 Å². The number of halogens is 1. The van der Waals surface area contributed by atoms with Crippen molar-refractivity contribution >= 4 is 17.4 Å². The fraction of sp³-hybridized carbons (Fsp3) is 0.188. The Morgan fingerprint density at radius 3 is 2.50 bits per heavy atom. The summed E-state index contributed by atoms with van der Waals surface area (Å²) in [5.74, 6) is 0.159. The molecule has 2 heteroatoms. The fourth-order valence-corrected chi connectivity index (χ4v) is 2.20. The van der Waals surface area contributed by atoms with E-state index < -0.39 is 0 Å². The highest BCUT2D eigenvalue weighted by atomic mass is 35.5. The van der Waals surface area contributed by atoms with Crippen LogP contribution in [-0.4, -0.2) is 5.78 Å². The molecule has 0 aliphatic heterocycles. The van der Waals surface area contributed by atoms with Gasteiger partial charge in [0.05, 0.1) is 0 Å². The van der Waals surface area contributed by atoms with E-state index in [4.69, 9.17) is 11.6 Å². The summed E-state index contributed by atoms with van der Waals surface area (Å²) in [7, 11) is 0. The number of carbonyl (C=O) groups excluding carboxylic acids is 1. The van der Waals surface area contributed by atoms with Crippen molar-refractivity contribution in [2.75, 3.05) is 0 Å². The van der Waals surface area contributed by atoms with Crippen molar-refractivity contribution in [1.29, 1.82) is 0 Å². The van der Waals surface area contributed by atoms with Gasteiger partial charge in [0.1, 0.15) is 0 Å². The Morgan fingerprint density at radius 1 is 1.11 bits per heavy atom. The molecule has 0 amide bonds. The predicted molar refractivity (Wildman–Crippen MR) is 75.3 cm³/mol. The molecule has 0 fully saturated rings. The summed E-state index contributed by atoms with van der Waals surface area (Å²) in [5.41, 5.74) is 2.94. The molecule has 0 atom stereocenters. The predicted octanol–water partition coefficient (Wildman–Crippen LogP) is 4.46. The van der Waals surface area contributed by atoms with Crippen LogP contribution in [0.3, 0.4) is 0 Å². The summed E-state index contributed by atoms with van der Waals surface area (Å²) in [6.45, 7) is 2.00. The summed E-state index contributed by atoms with van der Waals surface area (Å²) >= 11 is 6.15. The third kappa shape index (κ3) is 3.21. The van der Waals surface area contributed by atoms with Crippen molar-refractivity contribution in [3.63, 3.8) is 0 Å². The average Bonchev–Trinajstić information content (AvgIpc) is 2.38. The zero-order valence-corrected chi connectivity index (χ0v) is 11.1. The highest BCUT2D eigenvalue weighted by Gasteiger charge is 2.07. The summed E-state index contributed by atoms with van der Waals surface area (Å²) in [5, 5.41) is 0.746. The molecule has 0 saturated heterocycles. The first-order valence-corrected chi connectivity index (χ1v) is 6.38. The van der Waals surface area contributed by atoms with Crippen LogP contribution in [0.15, 0.2) is 48.5 Å². The maximum atomic E-state index is 12.0. The minimum atomic E-state index is 0.159. The molecule has 0 unspecified atom stereocenters. The number of hydrogen-bond acceptors (Lipinski definition) is 1. The van der Waals surface area contributed by atoms with Gasteiger partial charge < -0.3 is 0 Å². The number of Topliss-reactive ketones (excluding diaryl/α,β-unsaturated/α-hetero) is 1. The molecule has 92 valence electrons. The second kappa shape index (κ2) is 5.83. The van der Waals surface area contributed by atoms with Crippen LogP contribution < -0.4 is 0 Å². The van der Waals surface area contributed by atoms with Gasteiger partial charge in [0.15, 0.2) is 5.78 Å². The van der Waals surface area contributed by atoms with Crippen LogP contribution in [0.1, 0.15) is 27.9 Å². The Labute approximate surface area is 112 Å². The van der Waals surface area contributed by atoms with Crippen molar-refractivity contribution < 1.29 is 4.79 Å². The molecule has 0 spiro atoms. The Hall–Kier alpha value is -1.60. The number of hydrogen-bond donors (Lipinski definition) is 0. The van der Waals surface area contributed by atoms with Gasteiger partial charge in [0, 0.05) is 17.0 Å². The third-order valence-electron chi connectivity index (χ3n) is 2.93. The second-order valence-corrected chi connectivity index (χ2v) is 4.79. The Kier molecular flexibility index (Phi) is 4.16. The van der Waals surface area contributed by atoms with E-state index >= 15 is 0 Å². The lowest BCUT2D eigenvalue weighted by atomic mass is 10.0. The van der Waals surface area contributed by atoms with Gasteiger partial charge in [-0.2, -0.15) is 0 Å². The highest BCUT2D eigenvalue weighted by Crippen LogP contribution is 2.19. The first-order valence-electron chi connectivity index (χ1n) is 6.00. The molecule has 0 bridgehead atoms. The molecule has 0 aromatic heterocycles. The van der Waals surface area contributed by atoms with Gasteiger partial charge in [-0.3, -0.25) is 4.79 Å². The van der Waals surface area contributed by atoms with E-state index in [-0.39, 0.29) is 5.78 Å². The maximum absolute atomic E-state index is 12.0. The van der Waals surface area contributed by atoms with Crippen LogP contribution in [0.5, 0.6) is 0 Å². The lowest BCUT2D eigenvalue weighted by molar-refractivity contribution is 0.0983. The zero-order chi connectivity index (χ0) is 13.0. The van der Waals surface area contributed by atoms with E-state index in [0.29, 0.717) is 12.8 Å². The number of rotatable bonds is 4. The number of ketones is 1. The van der Waals surface area contributed by atoms with E-state index in [1.165, 1.54) is 0 Å². The van der Waals surface area contributed by atoms with Crippen LogP contribution in [-0.2, 0) is 6.42 Å². The van der Waals surface area contributed by atoms with Crippen molar-refractivity contribution in [3.8, 4) is 0 Å². The normalized spacial score (nSPS) is 10.3. The minimum Gasteiger partial charge on any atom is -0.294 e. The fourth-order valence-electron chi connectivity index (χ4n) is 1.87. The van der Waals surface area contributed by atoms with Gasteiger partial charge in [0.2, 0.25) is 0 Å². The highest BCUT2D eigenvalue weighted by molar-refractivity contribution is 6.31. The summed E-state index contributed by atoms with van der Waals surface area (Å²) in [6, 6.07) is 15.3. The van der Waals surface area contributed by atoms with Crippen molar-refractivity contribution in [1.82, 2.24) is 0 Å². The van der Waals surface area contributed by atoms with Gasteiger partial charge in [-0.05, 0) is 30.5 Å². The lowest BCUT2D eigenvalue weighted by Gasteiger charge is -2.05. The van der Waals surface area contributed by atoms with Crippen molar-refractivity contribution in [2.24, 2.45) is 0 Å². The average molecular weight is 259 g/mol. The Morgan fingerprint density at radius 2 is 1.83 bits per heavy atom. The molecule has 18 heavy (non-hydrogen) atoms. The van der Waals surface area contributed by atoms with Crippen molar-refractivity contribution in [2.45, 2.75) is 19.8 Å². The minimum absolute atomic E-state index is 0.159. The first kappa shape index (κ1) is 12.8. The molecule has 2 rings (SSSR count). The summed E-state index contributed by atoms with van der Waals surface area (Å²) < 4.78 is 0. The van der Waals surface area contributed by atoms with E-state index in [9.17, 15) is 4.79 Å². The second-order valence-electron chi connectivity index (χ2n) is 4.38. The molecule has 0 radical (unpaired) electrons. The zero-order valence-electron chi connectivity index (χ0n) is 10.3. The van der Waals surface area contributed by atoms with Crippen LogP contribution in [0.2, 0.25) is 5.02 Å². The van der Waals surface area contributed by atoms with Crippen molar-refractivity contribution in [3.05, 3.63) is 70.2 Å². The van der Waals surface area contributed by atoms with Gasteiger partial charge >= 0.3 is 0 Å². The molecule has 2 aromatic carbocycles. The molecule has 0 heterocycles. The van der Waals surface area contributed by atoms with E-state index in [1.54, 1.807) is 0 Å². The van der Waals surface area contributed by atoms with Crippen LogP contribution in [0, 0.1) is 6.92 Å². The van der Waals surface area contributed by atoms with Gasteiger partial charge in [-0.15, -0.1) is 0 Å².